The van der Waals surface area contributed by atoms with Gasteiger partial charge in [0.25, 0.3) is 5.56 Å². The number of hydrogen-bond acceptors (Lipinski definition) is 8. The molecule has 2 aromatic heterocycles. The standard InChI is InChI=1S/C25H27Cl2N9O2/c1-34(2)14-20(10-17-6-4-3-5-7-17)31-24-25(38)35(22(27)13-29-24)15-23(37)28-12-18-11-19(26)8-9-21(18)36-16-30-32-33-36/h3-9,11,13,16,20H,10,12,14-15H2,1-2H3,(H,28,37)(H,29,31)/t20-/m0/s1. The molecular formula is C25H27Cl2N9O2. The first-order valence-electron chi connectivity index (χ1n) is 11.8. The second-order valence-electron chi connectivity index (χ2n) is 8.92. The van der Waals surface area contributed by atoms with Gasteiger partial charge in [-0.1, -0.05) is 53.5 Å². The highest BCUT2D eigenvalue weighted by Crippen LogP contribution is 2.19. The van der Waals surface area contributed by atoms with Crippen LogP contribution in [0, 0.1) is 0 Å². The van der Waals surface area contributed by atoms with Gasteiger partial charge in [-0.15, -0.1) is 5.10 Å². The Kier molecular flexibility index (Phi) is 9.06. The van der Waals surface area contributed by atoms with E-state index in [1.807, 2.05) is 49.3 Å². The second-order valence-corrected chi connectivity index (χ2v) is 9.74. The zero-order valence-electron chi connectivity index (χ0n) is 20.9. The fourth-order valence-electron chi connectivity index (χ4n) is 3.99. The molecule has 0 bridgehead atoms. The van der Waals surface area contributed by atoms with Crippen LogP contribution in [0.3, 0.4) is 0 Å². The van der Waals surface area contributed by atoms with E-state index >= 15 is 0 Å². The summed E-state index contributed by atoms with van der Waals surface area (Å²) in [4.78, 5) is 32.3. The number of benzene rings is 2. The number of tetrazole rings is 1. The van der Waals surface area contributed by atoms with Crippen molar-refractivity contribution < 1.29 is 4.79 Å². The number of amides is 1. The molecule has 0 saturated carbocycles. The van der Waals surface area contributed by atoms with E-state index in [2.05, 4.69) is 31.1 Å². The first-order chi connectivity index (χ1) is 18.3. The highest BCUT2D eigenvalue weighted by molar-refractivity contribution is 6.30. The average molecular weight is 556 g/mol. The van der Waals surface area contributed by atoms with Crippen LogP contribution in [0.25, 0.3) is 5.69 Å². The first-order valence-corrected chi connectivity index (χ1v) is 12.5. The van der Waals surface area contributed by atoms with E-state index in [1.165, 1.54) is 21.8 Å². The lowest BCUT2D eigenvalue weighted by molar-refractivity contribution is -0.121. The molecule has 0 radical (unpaired) electrons. The summed E-state index contributed by atoms with van der Waals surface area (Å²) in [5.41, 5.74) is 2.00. The number of aromatic nitrogens is 6. The Morgan fingerprint density at radius 1 is 1.13 bits per heavy atom. The van der Waals surface area contributed by atoms with Crippen molar-refractivity contribution in [1.29, 1.82) is 0 Å². The highest BCUT2D eigenvalue weighted by atomic mass is 35.5. The van der Waals surface area contributed by atoms with Crippen molar-refractivity contribution in [1.82, 2.24) is 40.0 Å². The second kappa shape index (κ2) is 12.6. The van der Waals surface area contributed by atoms with Gasteiger partial charge in [-0.25, -0.2) is 9.67 Å². The van der Waals surface area contributed by atoms with Gasteiger partial charge in [-0.3, -0.25) is 14.2 Å². The average Bonchev–Trinajstić information content (AvgIpc) is 3.42. The van der Waals surface area contributed by atoms with Gasteiger partial charge in [0, 0.05) is 24.2 Å². The van der Waals surface area contributed by atoms with Gasteiger partial charge in [0.2, 0.25) is 5.91 Å². The molecule has 11 nitrogen and oxygen atoms in total. The molecule has 0 spiro atoms. The van der Waals surface area contributed by atoms with Crippen molar-refractivity contribution >= 4 is 34.9 Å². The quantitative estimate of drug-likeness (QED) is 0.289. The summed E-state index contributed by atoms with van der Waals surface area (Å²) in [5, 5.41) is 17.8. The number of nitrogens with one attached hydrogen (secondary N) is 2. The number of anilines is 1. The maximum absolute atomic E-state index is 13.2. The number of carbonyl (C=O) groups excluding carboxylic acids is 1. The molecule has 2 heterocycles. The number of rotatable bonds is 11. The molecule has 4 rings (SSSR count). The third kappa shape index (κ3) is 7.15. The van der Waals surface area contributed by atoms with Crippen molar-refractivity contribution in [3.8, 4) is 5.69 Å². The molecular weight excluding hydrogens is 529 g/mol. The Balaban J connectivity index is 1.47. The molecule has 4 aromatic rings. The third-order valence-electron chi connectivity index (χ3n) is 5.67. The summed E-state index contributed by atoms with van der Waals surface area (Å²) in [7, 11) is 3.92. The molecule has 38 heavy (non-hydrogen) atoms. The molecule has 0 unspecified atom stereocenters. The normalized spacial score (nSPS) is 11.9. The summed E-state index contributed by atoms with van der Waals surface area (Å²) >= 11 is 12.4. The monoisotopic (exact) mass is 555 g/mol. The van der Waals surface area contributed by atoms with Crippen molar-refractivity contribution in [2.45, 2.75) is 25.6 Å². The van der Waals surface area contributed by atoms with E-state index < -0.39 is 11.5 Å². The number of carbonyl (C=O) groups is 1. The topological polar surface area (TPSA) is 123 Å². The molecule has 198 valence electrons. The lowest BCUT2D eigenvalue weighted by Crippen LogP contribution is -2.38. The Morgan fingerprint density at radius 2 is 1.92 bits per heavy atom. The molecule has 2 N–H and O–H groups in total. The van der Waals surface area contributed by atoms with E-state index in [0.717, 1.165) is 5.56 Å². The van der Waals surface area contributed by atoms with Crippen molar-refractivity contribution in [3.05, 3.63) is 92.7 Å². The SMILES string of the molecule is CN(C)C[C@H](Cc1ccccc1)Nc1ncc(Cl)n(CC(=O)NCc2cc(Cl)ccc2-n2cnnn2)c1=O. The van der Waals surface area contributed by atoms with Crippen LogP contribution in [0.2, 0.25) is 10.2 Å². The Labute approximate surface area is 229 Å². The largest absolute Gasteiger partial charge is 0.361 e. The van der Waals surface area contributed by atoms with Crippen LogP contribution >= 0.6 is 23.2 Å². The minimum Gasteiger partial charge on any atom is -0.361 e. The lowest BCUT2D eigenvalue weighted by Gasteiger charge is -2.23. The van der Waals surface area contributed by atoms with E-state index in [4.69, 9.17) is 23.2 Å². The van der Waals surface area contributed by atoms with Crippen LogP contribution in [0.1, 0.15) is 11.1 Å². The lowest BCUT2D eigenvalue weighted by atomic mass is 10.1. The molecule has 13 heteroatoms. The summed E-state index contributed by atoms with van der Waals surface area (Å²) in [5.74, 6) is -0.288. The van der Waals surface area contributed by atoms with Gasteiger partial charge in [0.05, 0.1) is 11.9 Å². The van der Waals surface area contributed by atoms with Gasteiger partial charge in [0.1, 0.15) is 18.0 Å². The summed E-state index contributed by atoms with van der Waals surface area (Å²) in [6.45, 7) is 0.522. The van der Waals surface area contributed by atoms with Crippen LogP contribution in [-0.2, 0) is 24.3 Å². The molecule has 0 fully saturated rings. The minimum atomic E-state index is -0.485. The number of hydrogen-bond donors (Lipinski definition) is 2. The molecule has 1 atom stereocenters. The van der Waals surface area contributed by atoms with E-state index in [1.54, 1.807) is 18.2 Å². The maximum Gasteiger partial charge on any atom is 0.294 e. The zero-order valence-corrected chi connectivity index (χ0v) is 22.4. The number of nitrogens with zero attached hydrogens (tertiary/aromatic N) is 7. The van der Waals surface area contributed by atoms with Crippen molar-refractivity contribution in [2.75, 3.05) is 26.0 Å². The first kappa shape index (κ1) is 27.2. The van der Waals surface area contributed by atoms with Crippen LogP contribution in [0.15, 0.2) is 65.8 Å². The van der Waals surface area contributed by atoms with Gasteiger partial charge < -0.3 is 15.5 Å². The molecule has 2 aromatic carbocycles. The van der Waals surface area contributed by atoms with Crippen molar-refractivity contribution in [2.24, 2.45) is 0 Å². The van der Waals surface area contributed by atoms with Crippen LogP contribution in [0.4, 0.5) is 5.82 Å². The predicted octanol–water partition coefficient (Wildman–Crippen LogP) is 2.43. The molecule has 0 aliphatic rings. The molecule has 0 saturated heterocycles. The van der Waals surface area contributed by atoms with Crippen LogP contribution in [0.5, 0.6) is 0 Å². The molecule has 1 amide bonds. The van der Waals surface area contributed by atoms with Crippen molar-refractivity contribution in [3.63, 3.8) is 0 Å². The number of likely N-dealkylation sites (N-methyl/N-ethyl adjacent to an activating group) is 1. The maximum atomic E-state index is 13.2. The third-order valence-corrected chi connectivity index (χ3v) is 6.21. The minimum absolute atomic E-state index is 0.0556. The van der Waals surface area contributed by atoms with E-state index in [-0.39, 0.29) is 30.1 Å². The highest BCUT2D eigenvalue weighted by Gasteiger charge is 2.18. The fraction of sp³-hybridized carbons (Fsp3) is 0.280. The van der Waals surface area contributed by atoms with Gasteiger partial charge in [-0.05, 0) is 60.3 Å². The summed E-state index contributed by atoms with van der Waals surface area (Å²) in [6.07, 6.45) is 3.49. The van der Waals surface area contributed by atoms with E-state index in [9.17, 15) is 9.59 Å². The Morgan fingerprint density at radius 3 is 2.63 bits per heavy atom. The van der Waals surface area contributed by atoms with Gasteiger partial charge in [-0.2, -0.15) is 0 Å². The smallest absolute Gasteiger partial charge is 0.294 e. The van der Waals surface area contributed by atoms with Gasteiger partial charge >= 0.3 is 0 Å². The summed E-state index contributed by atoms with van der Waals surface area (Å²) in [6, 6.07) is 15.1. The zero-order chi connectivity index (χ0) is 27.1. The fourth-order valence-corrected chi connectivity index (χ4v) is 4.37. The van der Waals surface area contributed by atoms with Gasteiger partial charge in [0.15, 0.2) is 5.82 Å². The predicted molar refractivity (Wildman–Crippen MR) is 146 cm³/mol. The molecule has 0 aliphatic carbocycles. The summed E-state index contributed by atoms with van der Waals surface area (Å²) < 4.78 is 2.65. The Bertz CT molecular complexity index is 1430. The van der Waals surface area contributed by atoms with Crippen LogP contribution in [-0.4, -0.2) is 67.2 Å². The number of halogens is 2. The van der Waals surface area contributed by atoms with Crippen LogP contribution < -0.4 is 16.2 Å². The Hall–Kier alpha value is -3.80. The van der Waals surface area contributed by atoms with E-state index in [0.29, 0.717) is 29.2 Å². The molecule has 0 aliphatic heterocycles.